The van der Waals surface area contributed by atoms with Gasteiger partial charge in [0.15, 0.2) is 0 Å². The Labute approximate surface area is 110 Å². The van der Waals surface area contributed by atoms with Crippen molar-refractivity contribution in [1.29, 1.82) is 0 Å². The average Bonchev–Trinajstić information content (AvgIpc) is 2.58. The number of ether oxygens (including phenoxy) is 1. The summed E-state index contributed by atoms with van der Waals surface area (Å²) >= 11 is 0. The summed E-state index contributed by atoms with van der Waals surface area (Å²) in [5.74, 6) is 0. The standard InChI is InChI=1S/C11H25N3O3S/c1-17-10-11(12)6-7-13-18(15,16)14-8-4-2-3-5-9-14/h11,13H,2-10,12H2,1H3. The molecule has 1 aliphatic rings. The van der Waals surface area contributed by atoms with Gasteiger partial charge in [-0.1, -0.05) is 12.8 Å². The fraction of sp³-hybridized carbons (Fsp3) is 1.00. The van der Waals surface area contributed by atoms with Gasteiger partial charge in [-0.2, -0.15) is 12.7 Å². The smallest absolute Gasteiger partial charge is 0.279 e. The van der Waals surface area contributed by atoms with Crippen molar-refractivity contribution in [2.24, 2.45) is 5.73 Å². The van der Waals surface area contributed by atoms with Crippen LogP contribution in [0.5, 0.6) is 0 Å². The molecule has 0 spiro atoms. The Morgan fingerprint density at radius 3 is 2.44 bits per heavy atom. The molecule has 0 saturated carbocycles. The fourth-order valence-corrected chi connectivity index (χ4v) is 3.34. The third-order valence-electron chi connectivity index (χ3n) is 3.09. The minimum Gasteiger partial charge on any atom is -0.383 e. The molecule has 1 aliphatic heterocycles. The van der Waals surface area contributed by atoms with Gasteiger partial charge in [0, 0.05) is 32.8 Å². The first-order valence-corrected chi connectivity index (χ1v) is 7.99. The molecule has 0 aromatic heterocycles. The van der Waals surface area contributed by atoms with Crippen LogP contribution in [0.3, 0.4) is 0 Å². The zero-order valence-electron chi connectivity index (χ0n) is 11.1. The summed E-state index contributed by atoms with van der Waals surface area (Å²) in [7, 11) is -1.75. The van der Waals surface area contributed by atoms with Crippen LogP contribution in [-0.4, -0.2) is 52.1 Å². The SMILES string of the molecule is COCC(N)CCNS(=O)(=O)N1CCCCCC1. The maximum absolute atomic E-state index is 12.0. The van der Waals surface area contributed by atoms with E-state index < -0.39 is 10.2 Å². The lowest BCUT2D eigenvalue weighted by atomic mass is 10.2. The van der Waals surface area contributed by atoms with Gasteiger partial charge >= 0.3 is 0 Å². The maximum Gasteiger partial charge on any atom is 0.279 e. The fourth-order valence-electron chi connectivity index (χ4n) is 2.04. The van der Waals surface area contributed by atoms with Crippen LogP contribution in [-0.2, 0) is 14.9 Å². The number of nitrogens with two attached hydrogens (primary N) is 1. The van der Waals surface area contributed by atoms with Crippen molar-refractivity contribution in [2.45, 2.75) is 38.1 Å². The molecule has 1 saturated heterocycles. The van der Waals surface area contributed by atoms with E-state index in [9.17, 15) is 8.42 Å². The van der Waals surface area contributed by atoms with Crippen LogP contribution >= 0.6 is 0 Å². The molecule has 0 bridgehead atoms. The van der Waals surface area contributed by atoms with Crippen molar-refractivity contribution in [3.63, 3.8) is 0 Å². The number of hydrogen-bond acceptors (Lipinski definition) is 4. The van der Waals surface area contributed by atoms with Crippen molar-refractivity contribution in [1.82, 2.24) is 9.03 Å². The molecule has 3 N–H and O–H groups in total. The Bertz CT molecular complexity index is 313. The highest BCUT2D eigenvalue weighted by atomic mass is 32.2. The summed E-state index contributed by atoms with van der Waals surface area (Å²) in [5.41, 5.74) is 5.74. The van der Waals surface area contributed by atoms with Gasteiger partial charge < -0.3 is 10.5 Å². The van der Waals surface area contributed by atoms with Crippen LogP contribution in [0, 0.1) is 0 Å². The molecule has 18 heavy (non-hydrogen) atoms. The lowest BCUT2D eigenvalue weighted by Gasteiger charge is -2.20. The summed E-state index contributed by atoms with van der Waals surface area (Å²) < 4.78 is 33.1. The minimum absolute atomic E-state index is 0.123. The molecule has 108 valence electrons. The number of nitrogens with one attached hydrogen (secondary N) is 1. The van der Waals surface area contributed by atoms with Crippen molar-refractivity contribution >= 4 is 10.2 Å². The highest BCUT2D eigenvalue weighted by Crippen LogP contribution is 2.12. The summed E-state index contributed by atoms with van der Waals surface area (Å²) in [5, 5.41) is 0. The molecule has 7 heteroatoms. The van der Waals surface area contributed by atoms with Crippen molar-refractivity contribution in [3.05, 3.63) is 0 Å². The van der Waals surface area contributed by atoms with E-state index in [-0.39, 0.29) is 6.04 Å². The van der Waals surface area contributed by atoms with Crippen molar-refractivity contribution in [3.8, 4) is 0 Å². The normalized spacial score (nSPS) is 20.6. The summed E-state index contributed by atoms with van der Waals surface area (Å²) in [6.45, 7) is 2.06. The van der Waals surface area contributed by atoms with E-state index >= 15 is 0 Å². The molecule has 1 atom stereocenters. The van der Waals surface area contributed by atoms with E-state index in [1.54, 1.807) is 11.4 Å². The average molecular weight is 279 g/mol. The molecule has 0 amide bonds. The first kappa shape index (κ1) is 15.8. The summed E-state index contributed by atoms with van der Waals surface area (Å²) in [4.78, 5) is 0. The van der Waals surface area contributed by atoms with E-state index in [4.69, 9.17) is 10.5 Å². The molecule has 0 aliphatic carbocycles. The number of nitrogens with zero attached hydrogens (tertiary/aromatic N) is 1. The molecule has 1 rings (SSSR count). The predicted molar refractivity (Wildman–Crippen MR) is 71.4 cm³/mol. The van der Waals surface area contributed by atoms with Crippen molar-refractivity contribution in [2.75, 3.05) is 33.4 Å². The third kappa shape index (κ3) is 5.62. The van der Waals surface area contributed by atoms with Gasteiger partial charge in [0.25, 0.3) is 10.2 Å². The molecule has 0 aromatic carbocycles. The van der Waals surface area contributed by atoms with Gasteiger partial charge in [0.05, 0.1) is 6.61 Å². The Hall–Kier alpha value is -0.210. The van der Waals surface area contributed by atoms with Crippen LogP contribution < -0.4 is 10.5 Å². The maximum atomic E-state index is 12.0. The van der Waals surface area contributed by atoms with Crippen LogP contribution in [0.2, 0.25) is 0 Å². The van der Waals surface area contributed by atoms with E-state index in [1.165, 1.54) is 0 Å². The van der Waals surface area contributed by atoms with Gasteiger partial charge in [-0.15, -0.1) is 0 Å². The van der Waals surface area contributed by atoms with Crippen LogP contribution in [0.15, 0.2) is 0 Å². The highest BCUT2D eigenvalue weighted by molar-refractivity contribution is 7.87. The second-order valence-corrected chi connectivity index (χ2v) is 6.47. The van der Waals surface area contributed by atoms with Crippen LogP contribution in [0.25, 0.3) is 0 Å². The Morgan fingerprint density at radius 2 is 1.89 bits per heavy atom. The molecular formula is C11H25N3O3S. The topological polar surface area (TPSA) is 84.7 Å². The van der Waals surface area contributed by atoms with E-state index in [0.717, 1.165) is 25.7 Å². The first-order chi connectivity index (χ1) is 8.56. The van der Waals surface area contributed by atoms with Gasteiger partial charge in [0.1, 0.15) is 0 Å². The second kappa shape index (κ2) is 8.06. The van der Waals surface area contributed by atoms with Gasteiger partial charge in [-0.25, -0.2) is 4.72 Å². The number of hydrogen-bond donors (Lipinski definition) is 2. The molecule has 1 fully saturated rings. The molecular weight excluding hydrogens is 254 g/mol. The zero-order chi connectivity index (χ0) is 13.4. The molecule has 1 heterocycles. The first-order valence-electron chi connectivity index (χ1n) is 6.55. The largest absolute Gasteiger partial charge is 0.383 e. The quantitative estimate of drug-likeness (QED) is 0.690. The highest BCUT2D eigenvalue weighted by Gasteiger charge is 2.22. The zero-order valence-corrected chi connectivity index (χ0v) is 11.9. The molecule has 1 unspecified atom stereocenters. The monoisotopic (exact) mass is 279 g/mol. The number of methoxy groups -OCH3 is 1. The predicted octanol–water partition coefficient (Wildman–Crippen LogP) is 0.0606. The van der Waals surface area contributed by atoms with Gasteiger partial charge in [-0.05, 0) is 19.3 Å². The molecule has 0 radical (unpaired) electrons. The number of rotatable bonds is 7. The van der Waals surface area contributed by atoms with Gasteiger partial charge in [-0.3, -0.25) is 0 Å². The lowest BCUT2D eigenvalue weighted by molar-refractivity contribution is 0.177. The van der Waals surface area contributed by atoms with E-state index in [0.29, 0.717) is 32.7 Å². The van der Waals surface area contributed by atoms with Crippen LogP contribution in [0.1, 0.15) is 32.1 Å². The Kier molecular flexibility index (Phi) is 7.10. The van der Waals surface area contributed by atoms with Crippen LogP contribution in [0.4, 0.5) is 0 Å². The minimum atomic E-state index is -3.33. The van der Waals surface area contributed by atoms with E-state index in [2.05, 4.69) is 4.72 Å². The lowest BCUT2D eigenvalue weighted by Crippen LogP contribution is -2.42. The summed E-state index contributed by atoms with van der Waals surface area (Å²) in [6, 6.07) is -0.123. The van der Waals surface area contributed by atoms with Crippen molar-refractivity contribution < 1.29 is 13.2 Å². The van der Waals surface area contributed by atoms with E-state index in [1.807, 2.05) is 0 Å². The third-order valence-corrected chi connectivity index (χ3v) is 4.70. The Morgan fingerprint density at radius 1 is 1.28 bits per heavy atom. The summed E-state index contributed by atoms with van der Waals surface area (Å²) in [6.07, 6.45) is 4.71. The second-order valence-electron chi connectivity index (χ2n) is 4.72. The Balaban J connectivity index is 2.34. The molecule has 6 nitrogen and oxygen atoms in total. The molecule has 0 aromatic rings. The van der Waals surface area contributed by atoms with Gasteiger partial charge in [0.2, 0.25) is 0 Å².